The lowest BCUT2D eigenvalue weighted by Crippen LogP contribution is -1.82. The molecule has 1 rings (SSSR count). The van der Waals surface area contributed by atoms with Crippen LogP contribution < -0.4 is 0 Å². The largest absolute Gasteiger partial charge is 0.478 e. The van der Waals surface area contributed by atoms with Crippen molar-refractivity contribution in [1.29, 1.82) is 0 Å². The molecule has 0 atom stereocenters. The zero-order valence-corrected chi connectivity index (χ0v) is 4.76. The average molecular weight is 114 g/mol. The molecule has 1 fully saturated rings. The second-order valence-corrected chi connectivity index (χ2v) is 1.60. The molecule has 1 aliphatic carbocycles. The number of carboxylic acids is 1. The van der Waals surface area contributed by atoms with Crippen LogP contribution in [0, 0.1) is 0 Å². The van der Waals surface area contributed by atoms with Crippen LogP contribution in [0.15, 0.2) is 12.7 Å². The Labute approximate surface area is 48.8 Å². The highest BCUT2D eigenvalue weighted by Crippen LogP contribution is 2.14. The summed E-state index contributed by atoms with van der Waals surface area (Å²) in [7, 11) is 0. The number of hydrogen-bond acceptors (Lipinski definition) is 1. The first-order valence-electron chi connectivity index (χ1n) is 2.62. The number of carboxylic acid groups (broad SMARTS) is 1. The van der Waals surface area contributed by atoms with Gasteiger partial charge in [-0.15, -0.1) is 0 Å². The fourth-order valence-electron chi connectivity index (χ4n) is 0. The molecule has 2 nitrogen and oxygen atoms in total. The fraction of sp³-hybridized carbons (Fsp3) is 0.500. The van der Waals surface area contributed by atoms with E-state index in [-0.39, 0.29) is 0 Å². The molecule has 0 aromatic carbocycles. The van der Waals surface area contributed by atoms with Gasteiger partial charge in [-0.2, -0.15) is 0 Å². The lowest BCUT2D eigenvalue weighted by molar-refractivity contribution is -0.131. The molecule has 1 aliphatic rings. The van der Waals surface area contributed by atoms with Crippen LogP contribution in [0.1, 0.15) is 19.3 Å². The van der Waals surface area contributed by atoms with Crippen LogP contribution >= 0.6 is 0 Å². The van der Waals surface area contributed by atoms with E-state index in [0.717, 1.165) is 6.08 Å². The summed E-state index contributed by atoms with van der Waals surface area (Å²) in [6.07, 6.45) is 5.33. The Kier molecular flexibility index (Phi) is 3.94. The maximum atomic E-state index is 9.25. The van der Waals surface area contributed by atoms with Crippen molar-refractivity contribution in [3.8, 4) is 0 Å². The van der Waals surface area contributed by atoms with Crippen LogP contribution in [0.25, 0.3) is 0 Å². The lowest BCUT2D eigenvalue weighted by Gasteiger charge is -1.64. The first kappa shape index (κ1) is 7.21. The summed E-state index contributed by atoms with van der Waals surface area (Å²) in [5.41, 5.74) is 0. The quantitative estimate of drug-likeness (QED) is 0.523. The van der Waals surface area contributed by atoms with Crippen molar-refractivity contribution in [2.45, 2.75) is 19.3 Å². The van der Waals surface area contributed by atoms with Crippen LogP contribution in [-0.2, 0) is 4.79 Å². The minimum Gasteiger partial charge on any atom is -0.478 e. The Balaban J connectivity index is 0.000000135. The van der Waals surface area contributed by atoms with Gasteiger partial charge in [-0.1, -0.05) is 25.8 Å². The summed E-state index contributed by atoms with van der Waals surface area (Å²) in [4.78, 5) is 9.25. The Morgan fingerprint density at radius 2 is 1.75 bits per heavy atom. The van der Waals surface area contributed by atoms with E-state index in [0.29, 0.717) is 0 Å². The zero-order chi connectivity index (χ0) is 6.41. The first-order valence-corrected chi connectivity index (χ1v) is 2.62. The van der Waals surface area contributed by atoms with Gasteiger partial charge < -0.3 is 5.11 Å². The Morgan fingerprint density at radius 1 is 1.50 bits per heavy atom. The maximum Gasteiger partial charge on any atom is 0.327 e. The third-order valence-electron chi connectivity index (χ3n) is 0.528. The third-order valence-corrected chi connectivity index (χ3v) is 0.528. The van der Waals surface area contributed by atoms with Crippen LogP contribution in [0.4, 0.5) is 0 Å². The molecule has 2 heteroatoms. The van der Waals surface area contributed by atoms with Gasteiger partial charge in [0, 0.05) is 6.08 Å². The van der Waals surface area contributed by atoms with Crippen LogP contribution in [0.5, 0.6) is 0 Å². The molecule has 0 bridgehead atoms. The molecule has 0 aromatic heterocycles. The normalized spacial score (nSPS) is 13.0. The lowest BCUT2D eigenvalue weighted by atomic mass is 10.7. The number of aliphatic carboxylic acids is 1. The minimum absolute atomic E-state index is 0.833. The summed E-state index contributed by atoms with van der Waals surface area (Å²) in [6.45, 7) is 2.96. The summed E-state index contributed by atoms with van der Waals surface area (Å²) < 4.78 is 0. The van der Waals surface area contributed by atoms with E-state index < -0.39 is 5.97 Å². The highest BCUT2D eigenvalue weighted by molar-refractivity contribution is 5.78. The van der Waals surface area contributed by atoms with Gasteiger partial charge in [-0.05, 0) is 0 Å². The molecule has 0 saturated heterocycles. The van der Waals surface area contributed by atoms with Crippen LogP contribution in [0.2, 0.25) is 0 Å². The van der Waals surface area contributed by atoms with Crippen molar-refractivity contribution in [3.05, 3.63) is 12.7 Å². The predicted molar refractivity (Wildman–Crippen MR) is 31.7 cm³/mol. The molecular formula is C6H10O2. The predicted octanol–water partition coefficient (Wildman–Crippen LogP) is 1.43. The number of rotatable bonds is 1. The monoisotopic (exact) mass is 114 g/mol. The van der Waals surface area contributed by atoms with Crippen molar-refractivity contribution >= 4 is 5.97 Å². The maximum absolute atomic E-state index is 9.25. The van der Waals surface area contributed by atoms with Crippen molar-refractivity contribution in [1.82, 2.24) is 0 Å². The molecule has 0 aliphatic heterocycles. The van der Waals surface area contributed by atoms with Crippen molar-refractivity contribution in [3.63, 3.8) is 0 Å². The Morgan fingerprint density at radius 3 is 1.75 bits per heavy atom. The number of hydrogen-bond donors (Lipinski definition) is 1. The molecule has 0 aromatic rings. The molecule has 0 heterocycles. The molecule has 0 radical (unpaired) electrons. The van der Waals surface area contributed by atoms with Gasteiger partial charge in [-0.3, -0.25) is 0 Å². The molecule has 46 valence electrons. The standard InChI is InChI=1S/C3H4O2.C3H6/c1-2-3(4)5;1-2-3-1/h2H,1H2,(H,4,5);1-3H2. The van der Waals surface area contributed by atoms with E-state index in [4.69, 9.17) is 5.11 Å². The second-order valence-electron chi connectivity index (χ2n) is 1.60. The molecular weight excluding hydrogens is 104 g/mol. The summed E-state index contributed by atoms with van der Waals surface area (Å²) >= 11 is 0. The highest BCUT2D eigenvalue weighted by Gasteiger charge is 1.95. The van der Waals surface area contributed by atoms with Crippen molar-refractivity contribution < 1.29 is 9.90 Å². The molecule has 1 N–H and O–H groups in total. The summed E-state index contributed by atoms with van der Waals surface area (Å²) in [6, 6.07) is 0. The van der Waals surface area contributed by atoms with E-state index in [1.165, 1.54) is 19.3 Å². The molecule has 0 spiro atoms. The first-order chi connectivity index (χ1) is 3.77. The number of carbonyl (C=O) groups is 1. The zero-order valence-electron chi connectivity index (χ0n) is 4.76. The smallest absolute Gasteiger partial charge is 0.327 e. The van der Waals surface area contributed by atoms with Gasteiger partial charge in [0.2, 0.25) is 0 Å². The molecule has 0 unspecified atom stereocenters. The fourth-order valence-corrected chi connectivity index (χ4v) is 0. The second kappa shape index (κ2) is 4.37. The van der Waals surface area contributed by atoms with Gasteiger partial charge in [0.25, 0.3) is 0 Å². The van der Waals surface area contributed by atoms with E-state index in [1.807, 2.05) is 0 Å². The molecule has 0 amide bonds. The molecule has 8 heavy (non-hydrogen) atoms. The van der Waals surface area contributed by atoms with Crippen molar-refractivity contribution in [2.75, 3.05) is 0 Å². The Hall–Kier alpha value is -0.790. The summed E-state index contributed by atoms with van der Waals surface area (Å²) in [5, 5.41) is 7.60. The van der Waals surface area contributed by atoms with Gasteiger partial charge >= 0.3 is 5.97 Å². The van der Waals surface area contributed by atoms with Crippen LogP contribution in [-0.4, -0.2) is 11.1 Å². The average Bonchev–Trinajstić information content (AvgIpc) is 2.48. The van der Waals surface area contributed by atoms with E-state index in [1.54, 1.807) is 0 Å². The summed E-state index contributed by atoms with van der Waals surface area (Å²) in [5.74, 6) is -0.981. The SMILES string of the molecule is C1CC1.C=CC(=O)O. The van der Waals surface area contributed by atoms with Crippen LogP contribution in [0.3, 0.4) is 0 Å². The van der Waals surface area contributed by atoms with Gasteiger partial charge in [0.05, 0.1) is 0 Å². The van der Waals surface area contributed by atoms with E-state index in [9.17, 15) is 4.79 Å². The minimum atomic E-state index is -0.981. The molecule has 1 saturated carbocycles. The van der Waals surface area contributed by atoms with Gasteiger partial charge in [-0.25, -0.2) is 4.79 Å². The Bertz CT molecular complexity index is 81.8. The highest BCUT2D eigenvalue weighted by atomic mass is 16.4. The topological polar surface area (TPSA) is 37.3 Å². The van der Waals surface area contributed by atoms with E-state index >= 15 is 0 Å². The van der Waals surface area contributed by atoms with Crippen molar-refractivity contribution in [2.24, 2.45) is 0 Å². The van der Waals surface area contributed by atoms with Gasteiger partial charge in [0.1, 0.15) is 0 Å². The van der Waals surface area contributed by atoms with Gasteiger partial charge in [0.15, 0.2) is 0 Å². The third kappa shape index (κ3) is 18.9. The van der Waals surface area contributed by atoms with E-state index in [2.05, 4.69) is 6.58 Å².